The number of nitrogens with two attached hydrogens (primary N) is 1. The first-order valence-electron chi connectivity index (χ1n) is 9.61. The van der Waals surface area contributed by atoms with Crippen molar-refractivity contribution in [1.82, 2.24) is 14.5 Å². The van der Waals surface area contributed by atoms with Gasteiger partial charge in [-0.05, 0) is 37.3 Å². The lowest BCUT2D eigenvalue weighted by Crippen LogP contribution is -2.23. The molecule has 0 spiro atoms. The highest BCUT2D eigenvalue weighted by molar-refractivity contribution is 5.90. The zero-order valence-electron chi connectivity index (χ0n) is 16.4. The zero-order valence-corrected chi connectivity index (χ0v) is 16.4. The molecule has 0 saturated heterocycles. The summed E-state index contributed by atoms with van der Waals surface area (Å²) < 4.78 is 13.4. The second kappa shape index (κ2) is 8.38. The Morgan fingerprint density at radius 3 is 2.83 bits per heavy atom. The fourth-order valence-electron chi connectivity index (χ4n) is 3.30. The van der Waals surface area contributed by atoms with Crippen LogP contribution in [0.25, 0.3) is 22.6 Å². The number of aliphatic hydroxyl groups is 1. The van der Waals surface area contributed by atoms with Crippen molar-refractivity contribution >= 4 is 17.0 Å². The summed E-state index contributed by atoms with van der Waals surface area (Å²) in [6, 6.07) is 14.8. The van der Waals surface area contributed by atoms with E-state index in [0.717, 1.165) is 16.7 Å². The summed E-state index contributed by atoms with van der Waals surface area (Å²) in [6.07, 6.45) is 2.88. The van der Waals surface area contributed by atoms with Gasteiger partial charge in [0.25, 0.3) is 5.91 Å². The third kappa shape index (κ3) is 4.18. The van der Waals surface area contributed by atoms with E-state index in [9.17, 15) is 9.90 Å². The van der Waals surface area contributed by atoms with Gasteiger partial charge in [0.2, 0.25) is 5.89 Å². The normalized spacial score (nSPS) is 13.3. The molecule has 154 valence electrons. The summed E-state index contributed by atoms with van der Waals surface area (Å²) in [6.45, 7) is 2.04. The van der Waals surface area contributed by atoms with E-state index in [1.54, 1.807) is 11.5 Å². The van der Waals surface area contributed by atoms with Crippen LogP contribution in [0.15, 0.2) is 65.5 Å². The predicted octanol–water partition coefficient (Wildman–Crippen LogP) is 3.18. The van der Waals surface area contributed by atoms with Gasteiger partial charge in [-0.15, -0.1) is 0 Å². The molecule has 2 heterocycles. The molecule has 3 N–H and O–H groups in total. The van der Waals surface area contributed by atoms with Gasteiger partial charge in [0.15, 0.2) is 5.58 Å². The largest absolute Gasteiger partial charge is 0.493 e. The lowest BCUT2D eigenvalue weighted by molar-refractivity contribution is 0.0993. The number of aliphatic hydroxyl groups excluding tert-OH is 1. The van der Waals surface area contributed by atoms with E-state index in [0.29, 0.717) is 24.7 Å². The maximum absolute atomic E-state index is 11.3. The molecule has 4 aromatic rings. The van der Waals surface area contributed by atoms with Crippen LogP contribution in [-0.4, -0.2) is 38.3 Å². The summed E-state index contributed by atoms with van der Waals surface area (Å²) in [7, 11) is 0. The maximum Gasteiger partial charge on any atom is 0.268 e. The number of fused-ring (bicyclic) bond motifs is 1. The van der Waals surface area contributed by atoms with Crippen LogP contribution < -0.4 is 10.5 Å². The van der Waals surface area contributed by atoms with Crippen LogP contribution in [0.2, 0.25) is 0 Å². The molecule has 2 aromatic heterocycles. The monoisotopic (exact) mass is 406 g/mol. The molecule has 0 fully saturated rings. The van der Waals surface area contributed by atoms with Crippen molar-refractivity contribution in [1.29, 1.82) is 0 Å². The third-order valence-corrected chi connectivity index (χ3v) is 4.85. The van der Waals surface area contributed by atoms with Gasteiger partial charge in [0, 0.05) is 18.2 Å². The van der Waals surface area contributed by atoms with Crippen molar-refractivity contribution in [2.75, 3.05) is 6.61 Å². The number of imidazole rings is 1. The Bertz CT molecular complexity index is 1130. The van der Waals surface area contributed by atoms with Crippen molar-refractivity contribution in [3.8, 4) is 17.2 Å². The van der Waals surface area contributed by atoms with Crippen LogP contribution in [0.3, 0.4) is 0 Å². The van der Waals surface area contributed by atoms with Crippen molar-refractivity contribution in [2.45, 2.75) is 25.5 Å². The highest BCUT2D eigenvalue weighted by atomic mass is 16.5. The Morgan fingerprint density at radius 2 is 2.10 bits per heavy atom. The SMILES string of the molecule is CC(O)C(CCOc1cccc(-c2nc3ccccc3o2)c1)n1cnc(C(N)=O)c1. The minimum absolute atomic E-state index is 0.160. The van der Waals surface area contributed by atoms with Gasteiger partial charge in [-0.1, -0.05) is 18.2 Å². The van der Waals surface area contributed by atoms with Gasteiger partial charge in [-0.25, -0.2) is 9.97 Å². The first-order valence-corrected chi connectivity index (χ1v) is 9.61. The van der Waals surface area contributed by atoms with Gasteiger partial charge in [0.1, 0.15) is 17.0 Å². The van der Waals surface area contributed by atoms with E-state index in [4.69, 9.17) is 14.9 Å². The van der Waals surface area contributed by atoms with Crippen molar-refractivity contribution < 1.29 is 19.1 Å². The number of nitrogens with zero attached hydrogens (tertiary/aromatic N) is 3. The molecule has 2 aromatic carbocycles. The van der Waals surface area contributed by atoms with E-state index in [-0.39, 0.29) is 11.7 Å². The van der Waals surface area contributed by atoms with E-state index in [2.05, 4.69) is 9.97 Å². The zero-order chi connectivity index (χ0) is 21.1. The van der Waals surface area contributed by atoms with Gasteiger partial charge in [0.05, 0.1) is 25.1 Å². The standard InChI is InChI=1S/C22H22N4O4/c1-14(27)19(26-12-18(21(23)28)24-13-26)9-10-29-16-6-4-5-15(11-16)22-25-17-7-2-3-8-20(17)30-22/h2-8,11-14,19,27H,9-10H2,1H3,(H2,23,28). The minimum Gasteiger partial charge on any atom is -0.493 e. The minimum atomic E-state index is -0.658. The second-order valence-electron chi connectivity index (χ2n) is 7.03. The average molecular weight is 406 g/mol. The Hall–Kier alpha value is -3.65. The highest BCUT2D eigenvalue weighted by Gasteiger charge is 2.19. The fraction of sp³-hybridized carbons (Fsp3) is 0.227. The molecule has 0 aliphatic heterocycles. The number of hydrogen-bond donors (Lipinski definition) is 2. The lowest BCUT2D eigenvalue weighted by atomic mass is 10.1. The topological polar surface area (TPSA) is 116 Å². The summed E-state index contributed by atoms with van der Waals surface area (Å²) in [5.74, 6) is 0.591. The molecule has 30 heavy (non-hydrogen) atoms. The number of para-hydroxylation sites is 2. The molecule has 0 aliphatic carbocycles. The van der Waals surface area contributed by atoms with Crippen molar-refractivity contribution in [2.24, 2.45) is 5.73 Å². The summed E-state index contributed by atoms with van der Waals surface area (Å²) >= 11 is 0. The summed E-state index contributed by atoms with van der Waals surface area (Å²) in [5, 5.41) is 10.1. The van der Waals surface area contributed by atoms with E-state index >= 15 is 0 Å². The van der Waals surface area contributed by atoms with E-state index in [1.165, 1.54) is 12.5 Å². The van der Waals surface area contributed by atoms with Crippen LogP contribution in [-0.2, 0) is 0 Å². The molecule has 0 bridgehead atoms. The van der Waals surface area contributed by atoms with Crippen LogP contribution >= 0.6 is 0 Å². The van der Waals surface area contributed by atoms with Crippen LogP contribution in [0.5, 0.6) is 5.75 Å². The number of carbonyl (C=O) groups is 1. The molecular weight excluding hydrogens is 384 g/mol. The first kappa shape index (κ1) is 19.7. The number of benzene rings is 2. The number of aromatic nitrogens is 3. The highest BCUT2D eigenvalue weighted by Crippen LogP contribution is 2.27. The number of rotatable bonds is 8. The van der Waals surface area contributed by atoms with Crippen LogP contribution in [0, 0.1) is 0 Å². The summed E-state index contributed by atoms with van der Waals surface area (Å²) in [4.78, 5) is 19.7. The van der Waals surface area contributed by atoms with E-state index < -0.39 is 12.0 Å². The molecule has 8 heteroatoms. The maximum atomic E-state index is 11.3. The number of primary amides is 1. The number of oxazole rings is 1. The predicted molar refractivity (Wildman–Crippen MR) is 111 cm³/mol. The molecule has 4 rings (SSSR count). The lowest BCUT2D eigenvalue weighted by Gasteiger charge is -2.21. The Morgan fingerprint density at radius 1 is 1.27 bits per heavy atom. The van der Waals surface area contributed by atoms with Crippen molar-refractivity contribution in [3.05, 3.63) is 66.7 Å². The Labute approximate surface area is 172 Å². The van der Waals surface area contributed by atoms with Gasteiger partial charge >= 0.3 is 0 Å². The molecule has 2 unspecified atom stereocenters. The molecule has 0 aliphatic rings. The molecule has 0 saturated carbocycles. The Kier molecular flexibility index (Phi) is 5.49. The van der Waals surface area contributed by atoms with Crippen LogP contribution in [0.1, 0.15) is 29.9 Å². The smallest absolute Gasteiger partial charge is 0.268 e. The molecular formula is C22H22N4O4. The van der Waals surface area contributed by atoms with Gasteiger partial charge in [-0.2, -0.15) is 0 Å². The molecule has 0 radical (unpaired) electrons. The quantitative estimate of drug-likeness (QED) is 0.464. The molecule has 2 atom stereocenters. The molecule has 8 nitrogen and oxygen atoms in total. The number of hydrogen-bond acceptors (Lipinski definition) is 6. The molecule has 1 amide bonds. The average Bonchev–Trinajstić information content (AvgIpc) is 3.38. The third-order valence-electron chi connectivity index (χ3n) is 4.85. The number of amides is 1. The van der Waals surface area contributed by atoms with Gasteiger partial charge in [-0.3, -0.25) is 4.79 Å². The van der Waals surface area contributed by atoms with E-state index in [1.807, 2.05) is 48.5 Å². The Balaban J connectivity index is 1.44. The van der Waals surface area contributed by atoms with Gasteiger partial charge < -0.3 is 24.6 Å². The second-order valence-corrected chi connectivity index (χ2v) is 7.03. The fourth-order valence-corrected chi connectivity index (χ4v) is 3.30. The summed E-state index contributed by atoms with van der Waals surface area (Å²) in [5.41, 5.74) is 7.76. The van der Waals surface area contributed by atoms with Crippen LogP contribution in [0.4, 0.5) is 0 Å². The first-order chi connectivity index (χ1) is 14.5. The number of carbonyl (C=O) groups excluding carboxylic acids is 1. The number of ether oxygens (including phenoxy) is 1. The van der Waals surface area contributed by atoms with Crippen molar-refractivity contribution in [3.63, 3.8) is 0 Å².